The van der Waals surface area contributed by atoms with Crippen molar-refractivity contribution < 1.29 is 5.11 Å². The van der Waals surface area contributed by atoms with Crippen molar-refractivity contribution in [3.8, 4) is 0 Å². The summed E-state index contributed by atoms with van der Waals surface area (Å²) in [7, 11) is 0. The topological polar surface area (TPSA) is 20.2 Å². The van der Waals surface area contributed by atoms with Crippen LogP contribution < -0.4 is 0 Å². The van der Waals surface area contributed by atoms with Crippen LogP contribution in [0.5, 0.6) is 0 Å². The lowest BCUT2D eigenvalue weighted by Gasteiger charge is -2.13. The van der Waals surface area contributed by atoms with E-state index in [0.29, 0.717) is 0 Å². The molecule has 0 atom stereocenters. The molecule has 0 spiro atoms. The highest BCUT2D eigenvalue weighted by Gasteiger charge is 2.43. The third kappa shape index (κ3) is 1.27. The molecule has 0 radical (unpaired) electrons. The third-order valence-corrected chi connectivity index (χ3v) is 3.37. The van der Waals surface area contributed by atoms with Crippen LogP contribution >= 0.6 is 0 Å². The highest BCUT2D eigenvalue weighted by Crippen LogP contribution is 2.47. The van der Waals surface area contributed by atoms with Crippen LogP contribution in [0.15, 0.2) is 36.4 Å². The maximum Gasteiger partial charge on any atom is 0.0904 e. The number of rotatable bonds is 1. The van der Waals surface area contributed by atoms with E-state index in [1.807, 2.05) is 6.07 Å². The van der Waals surface area contributed by atoms with Gasteiger partial charge in [0.15, 0.2) is 0 Å². The highest BCUT2D eigenvalue weighted by molar-refractivity contribution is 5.89. The van der Waals surface area contributed by atoms with Crippen molar-refractivity contribution in [2.24, 2.45) is 0 Å². The number of aryl methyl sites for hydroxylation is 1. The lowest BCUT2D eigenvalue weighted by molar-refractivity contribution is 0.153. The van der Waals surface area contributed by atoms with Gasteiger partial charge in [0.1, 0.15) is 0 Å². The molecule has 3 rings (SSSR count). The molecule has 0 amide bonds. The SMILES string of the molecule is Cc1ccc(C2(O)CC2)c2ccccc12. The second-order valence-corrected chi connectivity index (χ2v) is 4.51. The second kappa shape index (κ2) is 2.83. The smallest absolute Gasteiger partial charge is 0.0904 e. The molecule has 76 valence electrons. The van der Waals surface area contributed by atoms with E-state index in [9.17, 15) is 5.11 Å². The molecule has 0 heterocycles. The molecule has 0 aromatic heterocycles. The van der Waals surface area contributed by atoms with Crippen LogP contribution in [0, 0.1) is 6.92 Å². The molecule has 0 bridgehead atoms. The Morgan fingerprint density at radius 3 is 2.33 bits per heavy atom. The summed E-state index contributed by atoms with van der Waals surface area (Å²) >= 11 is 0. The zero-order valence-corrected chi connectivity index (χ0v) is 8.83. The van der Waals surface area contributed by atoms with E-state index < -0.39 is 5.60 Å². The Morgan fingerprint density at radius 1 is 1.00 bits per heavy atom. The largest absolute Gasteiger partial charge is 0.385 e. The molecule has 2 aromatic rings. The maximum atomic E-state index is 10.2. The van der Waals surface area contributed by atoms with Gasteiger partial charge >= 0.3 is 0 Å². The monoisotopic (exact) mass is 198 g/mol. The molecule has 15 heavy (non-hydrogen) atoms. The number of fused-ring (bicyclic) bond motifs is 1. The fourth-order valence-electron chi connectivity index (χ4n) is 2.24. The molecule has 1 fully saturated rings. The van der Waals surface area contributed by atoms with Crippen LogP contribution in [0.2, 0.25) is 0 Å². The molecule has 1 N–H and O–H groups in total. The standard InChI is InChI=1S/C14H14O/c1-10-6-7-13(14(15)8-9-14)12-5-3-2-4-11(10)12/h2-7,15H,8-9H2,1H3. The van der Waals surface area contributed by atoms with E-state index >= 15 is 0 Å². The fraction of sp³-hybridized carbons (Fsp3) is 0.286. The quantitative estimate of drug-likeness (QED) is 0.746. The van der Waals surface area contributed by atoms with E-state index in [2.05, 4.69) is 37.3 Å². The zero-order valence-electron chi connectivity index (χ0n) is 8.83. The fourth-order valence-corrected chi connectivity index (χ4v) is 2.24. The van der Waals surface area contributed by atoms with Gasteiger partial charge in [-0.2, -0.15) is 0 Å². The summed E-state index contributed by atoms with van der Waals surface area (Å²) in [5, 5.41) is 12.7. The molecular formula is C14H14O. The van der Waals surface area contributed by atoms with Crippen LogP contribution in [0.25, 0.3) is 10.8 Å². The van der Waals surface area contributed by atoms with Crippen LogP contribution in [0.4, 0.5) is 0 Å². The molecular weight excluding hydrogens is 184 g/mol. The molecule has 1 nitrogen and oxygen atoms in total. The van der Waals surface area contributed by atoms with Crippen LogP contribution in [-0.2, 0) is 5.60 Å². The Kier molecular flexibility index (Phi) is 1.68. The summed E-state index contributed by atoms with van der Waals surface area (Å²) in [6.45, 7) is 2.11. The average molecular weight is 198 g/mol. The minimum Gasteiger partial charge on any atom is -0.385 e. The zero-order chi connectivity index (χ0) is 10.5. The van der Waals surface area contributed by atoms with Gasteiger partial charge in [0.25, 0.3) is 0 Å². The third-order valence-electron chi connectivity index (χ3n) is 3.37. The van der Waals surface area contributed by atoms with Crippen molar-refractivity contribution in [3.05, 3.63) is 47.5 Å². The Labute approximate surface area is 89.4 Å². The second-order valence-electron chi connectivity index (χ2n) is 4.51. The molecule has 0 saturated heterocycles. The normalized spacial score (nSPS) is 18.0. The van der Waals surface area contributed by atoms with Crippen molar-refractivity contribution in [2.75, 3.05) is 0 Å². The summed E-state index contributed by atoms with van der Waals surface area (Å²) in [6, 6.07) is 12.5. The van der Waals surface area contributed by atoms with E-state index in [1.54, 1.807) is 0 Å². The Hall–Kier alpha value is -1.34. The Balaban J connectivity index is 2.36. The van der Waals surface area contributed by atoms with E-state index in [-0.39, 0.29) is 0 Å². The minimum absolute atomic E-state index is 0.534. The summed E-state index contributed by atoms with van der Waals surface area (Å²) in [4.78, 5) is 0. The molecule has 1 heteroatoms. The number of aliphatic hydroxyl groups is 1. The van der Waals surface area contributed by atoms with Gasteiger partial charge in [0, 0.05) is 0 Å². The molecule has 1 saturated carbocycles. The van der Waals surface area contributed by atoms with Gasteiger partial charge < -0.3 is 5.11 Å². The first kappa shape index (κ1) is 8.93. The van der Waals surface area contributed by atoms with Crippen LogP contribution in [-0.4, -0.2) is 5.11 Å². The van der Waals surface area contributed by atoms with E-state index in [0.717, 1.165) is 18.4 Å². The predicted molar refractivity (Wildman–Crippen MR) is 61.8 cm³/mol. The van der Waals surface area contributed by atoms with Crippen molar-refractivity contribution in [1.82, 2.24) is 0 Å². The van der Waals surface area contributed by atoms with Gasteiger partial charge in [0.2, 0.25) is 0 Å². The average Bonchev–Trinajstić information content (AvgIpc) is 2.98. The summed E-state index contributed by atoms with van der Waals surface area (Å²) in [5.41, 5.74) is 1.84. The van der Waals surface area contributed by atoms with Gasteiger partial charge in [-0.15, -0.1) is 0 Å². The Morgan fingerprint density at radius 2 is 1.67 bits per heavy atom. The molecule has 1 aliphatic rings. The van der Waals surface area contributed by atoms with Gasteiger partial charge in [0.05, 0.1) is 5.60 Å². The summed E-state index contributed by atoms with van der Waals surface area (Å²) in [6.07, 6.45) is 1.81. The molecule has 0 aliphatic heterocycles. The predicted octanol–water partition coefficient (Wildman–Crippen LogP) is 3.13. The van der Waals surface area contributed by atoms with Gasteiger partial charge in [-0.3, -0.25) is 0 Å². The first-order valence-electron chi connectivity index (χ1n) is 5.42. The lowest BCUT2D eigenvalue weighted by Crippen LogP contribution is -2.05. The molecule has 0 unspecified atom stereocenters. The first-order valence-corrected chi connectivity index (χ1v) is 5.42. The maximum absolute atomic E-state index is 10.2. The Bertz CT molecular complexity index is 524. The van der Waals surface area contributed by atoms with Crippen LogP contribution in [0.1, 0.15) is 24.0 Å². The highest BCUT2D eigenvalue weighted by atomic mass is 16.3. The van der Waals surface area contributed by atoms with Gasteiger partial charge in [-0.25, -0.2) is 0 Å². The van der Waals surface area contributed by atoms with Crippen molar-refractivity contribution in [3.63, 3.8) is 0 Å². The van der Waals surface area contributed by atoms with Crippen molar-refractivity contribution in [2.45, 2.75) is 25.4 Å². The number of benzene rings is 2. The van der Waals surface area contributed by atoms with E-state index in [4.69, 9.17) is 0 Å². The first-order chi connectivity index (χ1) is 7.21. The number of hydrogen-bond acceptors (Lipinski definition) is 1. The van der Waals surface area contributed by atoms with Crippen LogP contribution in [0.3, 0.4) is 0 Å². The molecule has 1 aliphatic carbocycles. The van der Waals surface area contributed by atoms with E-state index in [1.165, 1.54) is 16.3 Å². The van der Waals surface area contributed by atoms with Gasteiger partial charge in [-0.05, 0) is 41.7 Å². The molecule has 2 aromatic carbocycles. The van der Waals surface area contributed by atoms with Gasteiger partial charge in [-0.1, -0.05) is 36.4 Å². The van der Waals surface area contributed by atoms with Crippen molar-refractivity contribution in [1.29, 1.82) is 0 Å². The lowest BCUT2D eigenvalue weighted by atomic mass is 9.96. The number of hydrogen-bond donors (Lipinski definition) is 1. The minimum atomic E-state index is -0.534. The summed E-state index contributed by atoms with van der Waals surface area (Å²) < 4.78 is 0. The summed E-state index contributed by atoms with van der Waals surface area (Å²) in [5.74, 6) is 0. The van der Waals surface area contributed by atoms with Crippen molar-refractivity contribution >= 4 is 10.8 Å².